The molecular formula is C11H18N4S. The minimum Gasteiger partial charge on any atom is -0.365 e. The van der Waals surface area contributed by atoms with Crippen molar-refractivity contribution in [2.75, 3.05) is 13.1 Å². The Balaban J connectivity index is 1.52. The average Bonchev–Trinajstić information content (AvgIpc) is 2.89. The number of nitrogens with zero attached hydrogens (tertiary/aromatic N) is 3. The van der Waals surface area contributed by atoms with Crippen LogP contribution in [0.25, 0.3) is 0 Å². The molecule has 0 bridgehead atoms. The Kier molecular flexibility index (Phi) is 4.27. The largest absolute Gasteiger partial charge is 0.365 e. The molecule has 16 heavy (non-hydrogen) atoms. The van der Waals surface area contributed by atoms with Crippen molar-refractivity contribution >= 4 is 16.9 Å². The summed E-state index contributed by atoms with van der Waals surface area (Å²) in [5, 5.41) is 5.15. The quantitative estimate of drug-likeness (QED) is 0.795. The van der Waals surface area contributed by atoms with Crippen molar-refractivity contribution < 1.29 is 0 Å². The van der Waals surface area contributed by atoms with E-state index in [1.807, 2.05) is 30.5 Å². The van der Waals surface area contributed by atoms with Gasteiger partial charge in [-0.05, 0) is 12.8 Å². The van der Waals surface area contributed by atoms with Gasteiger partial charge in [-0.3, -0.25) is 4.99 Å². The molecule has 1 aromatic rings. The minimum atomic E-state index is 0.647. The third-order valence-electron chi connectivity index (χ3n) is 2.48. The number of hydrogen-bond donors (Lipinski definition) is 1. The number of hydrogen-bond acceptors (Lipinski definition) is 4. The fourth-order valence-electron chi connectivity index (χ4n) is 1.61. The predicted molar refractivity (Wildman–Crippen MR) is 68.8 cm³/mol. The van der Waals surface area contributed by atoms with E-state index in [1.165, 1.54) is 12.8 Å². The Morgan fingerprint density at radius 3 is 3.19 bits per heavy atom. The molecule has 1 atom stereocenters. The summed E-state index contributed by atoms with van der Waals surface area (Å²) in [6, 6.07) is 0. The first-order chi connectivity index (χ1) is 7.84. The van der Waals surface area contributed by atoms with Crippen molar-refractivity contribution in [1.29, 1.82) is 0 Å². The van der Waals surface area contributed by atoms with Crippen LogP contribution < -0.4 is 5.32 Å². The molecule has 1 N–H and O–H groups in total. The molecule has 88 valence electrons. The van der Waals surface area contributed by atoms with Gasteiger partial charge in [-0.1, -0.05) is 18.7 Å². The van der Waals surface area contributed by atoms with Crippen LogP contribution in [0.3, 0.4) is 0 Å². The maximum atomic E-state index is 4.42. The molecule has 0 saturated heterocycles. The summed E-state index contributed by atoms with van der Waals surface area (Å²) in [6.45, 7) is 5.24. The molecule has 0 saturated carbocycles. The zero-order valence-corrected chi connectivity index (χ0v) is 10.4. The zero-order chi connectivity index (χ0) is 11.2. The van der Waals surface area contributed by atoms with E-state index < -0.39 is 0 Å². The van der Waals surface area contributed by atoms with Gasteiger partial charge in [-0.2, -0.15) is 0 Å². The standard InChI is InChI=1S/C11H18N4S/c1-10-8-14-11(16-10)13-4-2-3-6-15-7-5-12-9-15/h5,7,9-10H,2-4,6,8H2,1H3,(H,13,14). The van der Waals surface area contributed by atoms with Crippen molar-refractivity contribution in [3.05, 3.63) is 18.7 Å². The van der Waals surface area contributed by atoms with Crippen LogP contribution >= 0.6 is 11.8 Å². The minimum absolute atomic E-state index is 0.647. The number of aromatic nitrogens is 2. The topological polar surface area (TPSA) is 42.2 Å². The van der Waals surface area contributed by atoms with Crippen LogP contribution in [0.1, 0.15) is 19.8 Å². The molecule has 4 nitrogen and oxygen atoms in total. The number of unbranched alkanes of at least 4 members (excludes halogenated alkanes) is 1. The van der Waals surface area contributed by atoms with Crippen LogP contribution in [-0.4, -0.2) is 33.1 Å². The Labute approximate surface area is 101 Å². The molecule has 5 heteroatoms. The Morgan fingerprint density at radius 1 is 1.56 bits per heavy atom. The molecule has 2 heterocycles. The summed E-state index contributed by atoms with van der Waals surface area (Å²) < 4.78 is 2.11. The maximum absolute atomic E-state index is 4.42. The highest BCUT2D eigenvalue weighted by atomic mass is 32.2. The Morgan fingerprint density at radius 2 is 2.50 bits per heavy atom. The number of amidine groups is 1. The summed E-state index contributed by atoms with van der Waals surface area (Å²) in [4.78, 5) is 8.43. The van der Waals surface area contributed by atoms with E-state index in [0.29, 0.717) is 5.25 Å². The maximum Gasteiger partial charge on any atom is 0.156 e. The van der Waals surface area contributed by atoms with Crippen LogP contribution in [0.15, 0.2) is 23.7 Å². The number of rotatable bonds is 5. The lowest BCUT2D eigenvalue weighted by atomic mass is 10.3. The van der Waals surface area contributed by atoms with Gasteiger partial charge in [0.25, 0.3) is 0 Å². The summed E-state index contributed by atoms with van der Waals surface area (Å²) in [6.07, 6.45) is 8.05. The molecule has 0 amide bonds. The van der Waals surface area contributed by atoms with E-state index >= 15 is 0 Å². The normalized spacial score (nSPS) is 19.8. The first kappa shape index (κ1) is 11.5. The van der Waals surface area contributed by atoms with Gasteiger partial charge in [0.05, 0.1) is 12.9 Å². The highest BCUT2D eigenvalue weighted by Crippen LogP contribution is 2.18. The van der Waals surface area contributed by atoms with E-state index in [1.54, 1.807) is 0 Å². The fourth-order valence-corrected chi connectivity index (χ4v) is 2.47. The summed E-state index contributed by atoms with van der Waals surface area (Å²) in [5.74, 6) is 0. The predicted octanol–water partition coefficient (Wildman–Crippen LogP) is 1.74. The molecule has 2 rings (SSSR count). The van der Waals surface area contributed by atoms with E-state index in [-0.39, 0.29) is 0 Å². The highest BCUT2D eigenvalue weighted by molar-refractivity contribution is 8.14. The summed E-state index contributed by atoms with van der Waals surface area (Å²) in [7, 11) is 0. The lowest BCUT2D eigenvalue weighted by Gasteiger charge is -2.06. The van der Waals surface area contributed by atoms with Gasteiger partial charge in [-0.25, -0.2) is 4.98 Å². The zero-order valence-electron chi connectivity index (χ0n) is 9.59. The number of nitrogens with one attached hydrogen (secondary N) is 1. The van der Waals surface area contributed by atoms with Crippen LogP contribution in [0.2, 0.25) is 0 Å². The van der Waals surface area contributed by atoms with Crippen LogP contribution in [0.5, 0.6) is 0 Å². The lowest BCUT2D eigenvalue weighted by molar-refractivity contribution is 0.603. The molecule has 0 fully saturated rings. The van der Waals surface area contributed by atoms with Gasteiger partial charge in [0, 0.05) is 30.7 Å². The molecule has 0 spiro atoms. The SMILES string of the molecule is CC1CN=C(NCCCCn2ccnc2)S1. The second-order valence-corrected chi connectivity index (χ2v) is 5.44. The lowest BCUT2D eigenvalue weighted by Crippen LogP contribution is -2.20. The third-order valence-corrected chi connectivity index (χ3v) is 3.53. The molecule has 1 unspecified atom stereocenters. The van der Waals surface area contributed by atoms with Gasteiger partial charge in [0.15, 0.2) is 5.17 Å². The van der Waals surface area contributed by atoms with Gasteiger partial charge in [0.1, 0.15) is 0 Å². The first-order valence-corrected chi connectivity index (χ1v) is 6.63. The molecule has 1 aliphatic rings. The van der Waals surface area contributed by atoms with Crippen LogP contribution in [0, 0.1) is 0 Å². The van der Waals surface area contributed by atoms with Crippen molar-refractivity contribution in [2.24, 2.45) is 4.99 Å². The molecule has 0 aliphatic carbocycles. The van der Waals surface area contributed by atoms with E-state index in [9.17, 15) is 0 Å². The number of imidazole rings is 1. The summed E-state index contributed by atoms with van der Waals surface area (Å²) in [5.41, 5.74) is 0. The van der Waals surface area contributed by atoms with E-state index in [2.05, 4.69) is 26.8 Å². The van der Waals surface area contributed by atoms with Crippen molar-refractivity contribution in [2.45, 2.75) is 31.6 Å². The number of thioether (sulfide) groups is 1. The second kappa shape index (κ2) is 5.94. The Bertz CT molecular complexity index is 334. The number of aliphatic imine (C=N–C) groups is 1. The first-order valence-electron chi connectivity index (χ1n) is 5.75. The van der Waals surface area contributed by atoms with E-state index in [4.69, 9.17) is 0 Å². The molecule has 1 aromatic heterocycles. The fraction of sp³-hybridized carbons (Fsp3) is 0.636. The molecular weight excluding hydrogens is 220 g/mol. The van der Waals surface area contributed by atoms with Crippen molar-refractivity contribution in [3.63, 3.8) is 0 Å². The molecule has 0 radical (unpaired) electrons. The highest BCUT2D eigenvalue weighted by Gasteiger charge is 2.13. The molecule has 0 aromatic carbocycles. The van der Waals surface area contributed by atoms with Crippen LogP contribution in [-0.2, 0) is 6.54 Å². The number of aryl methyl sites for hydroxylation is 1. The second-order valence-electron chi connectivity index (χ2n) is 4.01. The van der Waals surface area contributed by atoms with Gasteiger partial charge in [-0.15, -0.1) is 0 Å². The molecule has 1 aliphatic heterocycles. The van der Waals surface area contributed by atoms with Crippen LogP contribution in [0.4, 0.5) is 0 Å². The summed E-state index contributed by atoms with van der Waals surface area (Å²) >= 11 is 1.84. The smallest absolute Gasteiger partial charge is 0.156 e. The average molecular weight is 238 g/mol. The Hall–Kier alpha value is -0.970. The van der Waals surface area contributed by atoms with E-state index in [0.717, 1.165) is 24.8 Å². The van der Waals surface area contributed by atoms with Gasteiger partial charge in [0.2, 0.25) is 0 Å². The van der Waals surface area contributed by atoms with Gasteiger partial charge < -0.3 is 9.88 Å². The third kappa shape index (κ3) is 3.56. The van der Waals surface area contributed by atoms with Gasteiger partial charge >= 0.3 is 0 Å². The van der Waals surface area contributed by atoms with Crippen molar-refractivity contribution in [3.8, 4) is 0 Å². The monoisotopic (exact) mass is 238 g/mol. The van der Waals surface area contributed by atoms with Crippen molar-refractivity contribution in [1.82, 2.24) is 14.9 Å².